The summed E-state index contributed by atoms with van der Waals surface area (Å²) in [5.41, 5.74) is 7.55. The van der Waals surface area contributed by atoms with Gasteiger partial charge >= 0.3 is 6.09 Å². The van der Waals surface area contributed by atoms with Crippen molar-refractivity contribution in [1.29, 1.82) is 0 Å². The van der Waals surface area contributed by atoms with Gasteiger partial charge in [0.15, 0.2) is 10.4 Å². The van der Waals surface area contributed by atoms with E-state index in [2.05, 4.69) is 10.1 Å². The molecule has 0 atom stereocenters. The summed E-state index contributed by atoms with van der Waals surface area (Å²) in [6.45, 7) is 2.53. The molecule has 0 fully saturated rings. The molecule has 92 valence electrons. The largest absolute Gasteiger partial charge is 0.448 e. The molecule has 0 saturated heterocycles. The Morgan fingerprint density at radius 2 is 2.35 bits per heavy atom. The second kappa shape index (κ2) is 4.21. The van der Waals surface area contributed by atoms with E-state index in [1.165, 1.54) is 0 Å². The molecular weight excluding hydrogens is 242 g/mol. The molecule has 0 saturated carbocycles. The van der Waals surface area contributed by atoms with Gasteiger partial charge in [-0.25, -0.2) is 4.79 Å². The summed E-state index contributed by atoms with van der Waals surface area (Å²) in [6.07, 6.45) is -0.788. The molecule has 2 aromatic rings. The first kappa shape index (κ1) is 11.6. The number of carbonyl (C=O) groups excluding carboxylic acids is 1. The third-order valence-electron chi connectivity index (χ3n) is 2.48. The lowest BCUT2D eigenvalue weighted by Gasteiger charge is -2.04. The van der Waals surface area contributed by atoms with Gasteiger partial charge in [-0.15, -0.1) is 0 Å². The van der Waals surface area contributed by atoms with Crippen molar-refractivity contribution in [3.63, 3.8) is 0 Å². The van der Waals surface area contributed by atoms with Crippen LogP contribution in [0, 0.1) is 11.7 Å². The summed E-state index contributed by atoms with van der Waals surface area (Å²) in [5.74, 6) is 0. The zero-order valence-corrected chi connectivity index (χ0v) is 10.4. The third kappa shape index (κ3) is 2.03. The number of amides is 1. The van der Waals surface area contributed by atoms with Gasteiger partial charge in [-0.05, 0) is 19.1 Å². The van der Waals surface area contributed by atoms with Gasteiger partial charge in [0.1, 0.15) is 12.1 Å². The first-order valence-corrected chi connectivity index (χ1v) is 5.46. The summed E-state index contributed by atoms with van der Waals surface area (Å²) in [4.78, 5) is 13.6. The molecular formula is C9H13N5O2S. The number of hydrogen-bond donors (Lipinski definition) is 2. The molecule has 0 aromatic carbocycles. The Balaban J connectivity index is 2.36. The van der Waals surface area contributed by atoms with E-state index in [4.69, 9.17) is 22.7 Å². The smallest absolute Gasteiger partial charge is 0.404 e. The van der Waals surface area contributed by atoms with E-state index in [1.807, 2.05) is 18.5 Å². The number of imidazole rings is 1. The monoisotopic (exact) mass is 255 g/mol. The van der Waals surface area contributed by atoms with Crippen LogP contribution in [0.5, 0.6) is 0 Å². The number of nitrogens with one attached hydrogen (secondary N) is 1. The number of primary amides is 1. The number of hydrogen-bond acceptors (Lipinski definition) is 4. The number of nitrogens with zero attached hydrogens (tertiary/aromatic N) is 3. The van der Waals surface area contributed by atoms with E-state index in [0.29, 0.717) is 11.3 Å². The van der Waals surface area contributed by atoms with Gasteiger partial charge in [-0.1, -0.05) is 0 Å². The number of ether oxygens (including phenoxy) is 1. The van der Waals surface area contributed by atoms with Crippen LogP contribution in [-0.2, 0) is 18.3 Å². The van der Waals surface area contributed by atoms with E-state index in [-0.39, 0.29) is 6.61 Å². The molecule has 2 aromatic heterocycles. The van der Waals surface area contributed by atoms with E-state index in [9.17, 15) is 4.79 Å². The Morgan fingerprint density at radius 1 is 1.65 bits per heavy atom. The minimum atomic E-state index is -0.788. The molecule has 2 rings (SSSR count). The predicted molar refractivity (Wildman–Crippen MR) is 64.2 cm³/mol. The molecule has 0 bridgehead atoms. The highest BCUT2D eigenvalue weighted by atomic mass is 32.1. The number of carbonyl (C=O) groups is 1. The lowest BCUT2D eigenvalue weighted by atomic mass is 10.4. The first-order valence-electron chi connectivity index (χ1n) is 5.05. The summed E-state index contributed by atoms with van der Waals surface area (Å²) >= 11 is 5.20. The lowest BCUT2D eigenvalue weighted by Crippen LogP contribution is -2.17. The fourth-order valence-corrected chi connectivity index (χ4v) is 2.10. The van der Waals surface area contributed by atoms with Crippen molar-refractivity contribution in [1.82, 2.24) is 19.3 Å². The Bertz CT molecular complexity index is 623. The topological polar surface area (TPSA) is 90.9 Å². The first-order chi connectivity index (χ1) is 8.00. The Labute approximate surface area is 102 Å². The molecule has 17 heavy (non-hydrogen) atoms. The maximum absolute atomic E-state index is 10.5. The normalized spacial score (nSPS) is 10.9. The average molecular weight is 255 g/mol. The van der Waals surface area contributed by atoms with Gasteiger partial charge in [0, 0.05) is 7.05 Å². The molecule has 0 aliphatic carbocycles. The number of fused-ring (bicyclic) bond motifs is 1. The van der Waals surface area contributed by atoms with E-state index in [1.54, 1.807) is 4.68 Å². The predicted octanol–water partition coefficient (Wildman–Crippen LogP) is 0.836. The van der Waals surface area contributed by atoms with Gasteiger partial charge in [-0.2, -0.15) is 5.10 Å². The fraction of sp³-hybridized carbons (Fsp3) is 0.444. The van der Waals surface area contributed by atoms with Crippen LogP contribution in [-0.4, -0.2) is 32.0 Å². The van der Waals surface area contributed by atoms with Crippen molar-refractivity contribution < 1.29 is 9.53 Å². The summed E-state index contributed by atoms with van der Waals surface area (Å²) in [6, 6.07) is 0. The van der Waals surface area contributed by atoms with Gasteiger partial charge < -0.3 is 15.5 Å². The Hall–Kier alpha value is -1.83. The van der Waals surface area contributed by atoms with Crippen LogP contribution in [0.4, 0.5) is 4.79 Å². The van der Waals surface area contributed by atoms with Crippen molar-refractivity contribution in [3.05, 3.63) is 10.5 Å². The minimum absolute atomic E-state index is 0.181. The SMILES string of the molecule is Cc1nn(C)c2c1[nH]c(=S)n2CCOC(N)=O. The zero-order chi connectivity index (χ0) is 12.6. The number of nitrogens with two attached hydrogens (primary N) is 1. The molecule has 0 spiro atoms. The molecule has 3 N–H and O–H groups in total. The van der Waals surface area contributed by atoms with E-state index < -0.39 is 6.09 Å². The zero-order valence-electron chi connectivity index (χ0n) is 9.56. The second-order valence-corrected chi connectivity index (χ2v) is 4.04. The van der Waals surface area contributed by atoms with Crippen LogP contribution in [0.25, 0.3) is 11.2 Å². The molecule has 0 unspecified atom stereocenters. The lowest BCUT2D eigenvalue weighted by molar-refractivity contribution is 0.152. The molecule has 2 heterocycles. The van der Waals surface area contributed by atoms with Crippen LogP contribution in [0.2, 0.25) is 0 Å². The highest BCUT2D eigenvalue weighted by Crippen LogP contribution is 2.16. The molecule has 1 amide bonds. The quantitative estimate of drug-likeness (QED) is 0.795. The van der Waals surface area contributed by atoms with Crippen LogP contribution < -0.4 is 5.73 Å². The average Bonchev–Trinajstić information content (AvgIpc) is 2.68. The van der Waals surface area contributed by atoms with Crippen molar-refractivity contribution in [2.75, 3.05) is 6.61 Å². The summed E-state index contributed by atoms with van der Waals surface area (Å²) in [5, 5.41) is 4.28. The number of rotatable bonds is 3. The van der Waals surface area contributed by atoms with Crippen molar-refractivity contribution in [2.24, 2.45) is 12.8 Å². The van der Waals surface area contributed by atoms with E-state index in [0.717, 1.165) is 16.9 Å². The third-order valence-corrected chi connectivity index (χ3v) is 2.81. The van der Waals surface area contributed by atoms with Gasteiger partial charge in [0.25, 0.3) is 0 Å². The van der Waals surface area contributed by atoms with Gasteiger partial charge in [0.2, 0.25) is 0 Å². The number of aromatic nitrogens is 4. The van der Waals surface area contributed by atoms with Crippen LogP contribution in [0.1, 0.15) is 5.69 Å². The maximum Gasteiger partial charge on any atom is 0.404 e. The highest BCUT2D eigenvalue weighted by Gasteiger charge is 2.12. The molecule has 0 radical (unpaired) electrons. The number of aryl methyl sites for hydroxylation is 2. The van der Waals surface area contributed by atoms with Gasteiger partial charge in [-0.3, -0.25) is 9.25 Å². The molecule has 8 heteroatoms. The standard InChI is InChI=1S/C9H13N5O2S/c1-5-6-7(13(2)12-5)14(9(17)11-6)3-4-16-8(10)15/h3-4H2,1-2H3,(H2,10,15)(H,11,17). The second-order valence-electron chi connectivity index (χ2n) is 3.66. The molecule has 7 nitrogen and oxygen atoms in total. The van der Waals surface area contributed by atoms with Gasteiger partial charge in [0.05, 0.1) is 12.2 Å². The Morgan fingerprint density at radius 3 is 3.00 bits per heavy atom. The fourth-order valence-electron chi connectivity index (χ4n) is 1.82. The van der Waals surface area contributed by atoms with Crippen LogP contribution in [0.15, 0.2) is 0 Å². The minimum Gasteiger partial charge on any atom is -0.448 e. The summed E-state index contributed by atoms with van der Waals surface area (Å²) < 4.78 is 8.83. The van der Waals surface area contributed by atoms with Crippen molar-refractivity contribution in [2.45, 2.75) is 13.5 Å². The maximum atomic E-state index is 10.5. The Kier molecular flexibility index (Phi) is 2.88. The van der Waals surface area contributed by atoms with Crippen LogP contribution >= 0.6 is 12.2 Å². The number of aromatic amines is 1. The van der Waals surface area contributed by atoms with Crippen molar-refractivity contribution >= 4 is 29.5 Å². The summed E-state index contributed by atoms with van der Waals surface area (Å²) in [7, 11) is 1.84. The van der Waals surface area contributed by atoms with E-state index >= 15 is 0 Å². The molecule has 0 aliphatic heterocycles. The number of H-pyrrole nitrogens is 1. The van der Waals surface area contributed by atoms with Crippen LogP contribution in [0.3, 0.4) is 0 Å². The highest BCUT2D eigenvalue weighted by molar-refractivity contribution is 7.71. The molecule has 0 aliphatic rings. The van der Waals surface area contributed by atoms with Crippen molar-refractivity contribution in [3.8, 4) is 0 Å².